The van der Waals surface area contributed by atoms with Gasteiger partial charge in [0.1, 0.15) is 0 Å². The molecule has 1 amide bonds. The van der Waals surface area contributed by atoms with Crippen LogP contribution in [-0.2, 0) is 9.47 Å². The van der Waals surface area contributed by atoms with Gasteiger partial charge in [0, 0.05) is 13.7 Å². The third kappa shape index (κ3) is 1.60. The molecule has 0 unspecified atom stereocenters. The van der Waals surface area contributed by atoms with Gasteiger partial charge >= 0.3 is 6.09 Å². The third-order valence-electron chi connectivity index (χ3n) is 1.30. The predicted octanol–water partition coefficient (Wildman–Crippen LogP) is 0.247. The van der Waals surface area contributed by atoms with Crippen LogP contribution >= 0.6 is 0 Å². The minimum absolute atomic E-state index is 0.281. The molecule has 1 aliphatic rings. The first-order valence-corrected chi connectivity index (χ1v) is 3.11. The Hall–Kier alpha value is -0.770. The van der Waals surface area contributed by atoms with Crippen LogP contribution in [0.4, 0.5) is 4.79 Å². The molecule has 1 heterocycles. The first-order valence-electron chi connectivity index (χ1n) is 3.11. The SMILES string of the molecule is COCCN1C[CH]OC1=O. The van der Waals surface area contributed by atoms with Gasteiger partial charge in [0.25, 0.3) is 0 Å². The van der Waals surface area contributed by atoms with E-state index in [1.807, 2.05) is 0 Å². The first kappa shape index (κ1) is 7.34. The van der Waals surface area contributed by atoms with Gasteiger partial charge in [-0.25, -0.2) is 4.79 Å². The van der Waals surface area contributed by atoms with Crippen molar-refractivity contribution >= 4 is 6.09 Å². The van der Waals surface area contributed by atoms with Gasteiger partial charge in [0.05, 0.1) is 13.2 Å². The van der Waals surface area contributed by atoms with Crippen LogP contribution in [0.25, 0.3) is 0 Å². The molecule has 10 heavy (non-hydrogen) atoms. The van der Waals surface area contributed by atoms with Crippen molar-refractivity contribution in [2.24, 2.45) is 0 Å². The molecule has 0 aromatic heterocycles. The number of rotatable bonds is 3. The van der Waals surface area contributed by atoms with Crippen molar-refractivity contribution in [3.8, 4) is 0 Å². The number of hydrogen-bond acceptors (Lipinski definition) is 3. The summed E-state index contributed by atoms with van der Waals surface area (Å²) in [5, 5.41) is 0. The van der Waals surface area contributed by atoms with E-state index in [0.29, 0.717) is 19.7 Å². The van der Waals surface area contributed by atoms with Crippen LogP contribution < -0.4 is 0 Å². The van der Waals surface area contributed by atoms with E-state index in [1.165, 1.54) is 6.61 Å². The molecule has 1 aliphatic heterocycles. The van der Waals surface area contributed by atoms with Crippen LogP contribution in [0, 0.1) is 6.61 Å². The standard InChI is InChI=1S/C6H10NO3/c1-9-4-2-7-3-5-10-6(7)8/h5H,2-4H2,1H3. The Balaban J connectivity index is 2.20. The predicted molar refractivity (Wildman–Crippen MR) is 34.2 cm³/mol. The fraction of sp³-hybridized carbons (Fsp3) is 0.667. The van der Waals surface area contributed by atoms with Gasteiger partial charge in [-0.1, -0.05) is 0 Å². The number of nitrogens with zero attached hydrogens (tertiary/aromatic N) is 1. The Labute approximate surface area is 59.7 Å². The van der Waals surface area contributed by atoms with Crippen molar-refractivity contribution in [2.45, 2.75) is 0 Å². The summed E-state index contributed by atoms with van der Waals surface area (Å²) < 4.78 is 9.36. The van der Waals surface area contributed by atoms with Gasteiger partial charge in [-0.05, 0) is 0 Å². The summed E-state index contributed by atoms with van der Waals surface area (Å²) in [6.45, 7) is 3.22. The second-order valence-corrected chi connectivity index (χ2v) is 1.99. The number of cyclic esters (lactones) is 1. The maximum absolute atomic E-state index is 10.7. The largest absolute Gasteiger partial charge is 0.440 e. The van der Waals surface area contributed by atoms with Crippen LogP contribution in [0.5, 0.6) is 0 Å². The summed E-state index contributed by atoms with van der Waals surface area (Å²) in [5.41, 5.74) is 0. The lowest BCUT2D eigenvalue weighted by Gasteiger charge is -2.10. The van der Waals surface area contributed by atoms with E-state index in [-0.39, 0.29) is 6.09 Å². The highest BCUT2D eigenvalue weighted by atomic mass is 16.6. The molecule has 1 radical (unpaired) electrons. The van der Waals surface area contributed by atoms with Gasteiger partial charge in [-0.2, -0.15) is 0 Å². The smallest absolute Gasteiger partial charge is 0.410 e. The summed E-state index contributed by atoms with van der Waals surface area (Å²) in [7, 11) is 1.60. The second-order valence-electron chi connectivity index (χ2n) is 1.99. The van der Waals surface area contributed by atoms with Gasteiger partial charge in [-0.3, -0.25) is 0 Å². The fourth-order valence-electron chi connectivity index (χ4n) is 0.732. The van der Waals surface area contributed by atoms with Gasteiger partial charge in [0.2, 0.25) is 0 Å². The molecule has 0 spiro atoms. The summed E-state index contributed by atoms with van der Waals surface area (Å²) in [5.74, 6) is 0. The molecule has 4 nitrogen and oxygen atoms in total. The van der Waals surface area contributed by atoms with E-state index < -0.39 is 0 Å². The Kier molecular flexibility index (Phi) is 2.50. The highest BCUT2D eigenvalue weighted by Gasteiger charge is 2.21. The first-order chi connectivity index (χ1) is 4.84. The molecule has 0 bridgehead atoms. The van der Waals surface area contributed by atoms with Crippen LogP contribution in [0.3, 0.4) is 0 Å². The molecular formula is C6H10NO3. The van der Waals surface area contributed by atoms with Crippen LogP contribution in [0.2, 0.25) is 0 Å². The third-order valence-corrected chi connectivity index (χ3v) is 1.30. The minimum atomic E-state index is -0.281. The summed E-state index contributed by atoms with van der Waals surface area (Å²) >= 11 is 0. The average Bonchev–Trinajstić information content (AvgIpc) is 2.31. The van der Waals surface area contributed by atoms with E-state index in [0.717, 1.165) is 0 Å². The summed E-state index contributed by atoms with van der Waals surface area (Å²) in [6.07, 6.45) is -0.281. The molecule has 1 fully saturated rings. The second kappa shape index (κ2) is 3.41. The van der Waals surface area contributed by atoms with E-state index in [9.17, 15) is 4.79 Å². The van der Waals surface area contributed by atoms with Crippen molar-refractivity contribution < 1.29 is 14.3 Å². The van der Waals surface area contributed by atoms with Crippen molar-refractivity contribution in [2.75, 3.05) is 26.8 Å². The molecule has 0 aromatic rings. The molecule has 0 atom stereocenters. The molecule has 0 aromatic carbocycles. The summed E-state index contributed by atoms with van der Waals surface area (Å²) in [4.78, 5) is 12.3. The number of hydrogen-bond donors (Lipinski definition) is 0. The Morgan fingerprint density at radius 2 is 2.70 bits per heavy atom. The van der Waals surface area contributed by atoms with Crippen molar-refractivity contribution in [1.82, 2.24) is 4.90 Å². The maximum Gasteiger partial charge on any atom is 0.410 e. The normalized spacial score (nSPS) is 17.7. The zero-order chi connectivity index (χ0) is 7.40. The van der Waals surface area contributed by atoms with Crippen molar-refractivity contribution in [3.63, 3.8) is 0 Å². The number of carbonyl (C=O) groups excluding carboxylic acids is 1. The van der Waals surface area contributed by atoms with E-state index in [1.54, 1.807) is 12.0 Å². The number of ether oxygens (including phenoxy) is 2. The molecular weight excluding hydrogens is 134 g/mol. The molecule has 0 saturated carbocycles. The lowest BCUT2D eigenvalue weighted by molar-refractivity contribution is 0.142. The van der Waals surface area contributed by atoms with Gasteiger partial charge < -0.3 is 14.4 Å². The molecule has 4 heteroatoms. The zero-order valence-corrected chi connectivity index (χ0v) is 5.87. The molecule has 0 N–H and O–H groups in total. The topological polar surface area (TPSA) is 38.8 Å². The lowest BCUT2D eigenvalue weighted by Crippen LogP contribution is -2.27. The summed E-state index contributed by atoms with van der Waals surface area (Å²) in [6, 6.07) is 0. The fourth-order valence-corrected chi connectivity index (χ4v) is 0.732. The number of methoxy groups -OCH3 is 1. The monoisotopic (exact) mass is 144 g/mol. The van der Waals surface area contributed by atoms with Crippen molar-refractivity contribution in [1.29, 1.82) is 0 Å². The van der Waals surface area contributed by atoms with E-state index in [4.69, 9.17) is 4.74 Å². The quantitative estimate of drug-likeness (QED) is 0.569. The van der Waals surface area contributed by atoms with Crippen LogP contribution in [0.1, 0.15) is 0 Å². The Morgan fingerprint density at radius 1 is 1.90 bits per heavy atom. The highest BCUT2D eigenvalue weighted by Crippen LogP contribution is 2.04. The molecule has 0 aliphatic carbocycles. The average molecular weight is 144 g/mol. The van der Waals surface area contributed by atoms with E-state index >= 15 is 0 Å². The maximum atomic E-state index is 10.7. The van der Waals surface area contributed by atoms with Crippen molar-refractivity contribution in [3.05, 3.63) is 6.61 Å². The van der Waals surface area contributed by atoms with Crippen LogP contribution in [0.15, 0.2) is 0 Å². The zero-order valence-electron chi connectivity index (χ0n) is 5.87. The van der Waals surface area contributed by atoms with Crippen LogP contribution in [-0.4, -0.2) is 37.8 Å². The van der Waals surface area contributed by atoms with E-state index in [2.05, 4.69) is 4.74 Å². The number of carbonyl (C=O) groups is 1. The number of amides is 1. The minimum Gasteiger partial charge on any atom is -0.440 e. The van der Waals surface area contributed by atoms with Gasteiger partial charge in [-0.15, -0.1) is 0 Å². The lowest BCUT2D eigenvalue weighted by atomic mass is 10.5. The van der Waals surface area contributed by atoms with Gasteiger partial charge in [0.15, 0.2) is 6.61 Å². The highest BCUT2D eigenvalue weighted by molar-refractivity contribution is 5.70. The molecule has 57 valence electrons. The Bertz CT molecular complexity index is 126. The Morgan fingerprint density at radius 3 is 3.20 bits per heavy atom. The molecule has 1 rings (SSSR count). The molecule has 1 saturated heterocycles.